The van der Waals surface area contributed by atoms with Crippen LogP contribution in [0.2, 0.25) is 0 Å². The van der Waals surface area contributed by atoms with Crippen LogP contribution in [0.5, 0.6) is 0 Å². The van der Waals surface area contributed by atoms with Crippen molar-refractivity contribution in [1.29, 1.82) is 0 Å². The Bertz CT molecular complexity index is 525. The van der Waals surface area contributed by atoms with Crippen LogP contribution in [-0.4, -0.2) is 17.0 Å². The summed E-state index contributed by atoms with van der Waals surface area (Å²) in [5, 5.41) is 3.00. The molecule has 0 saturated carbocycles. The van der Waals surface area contributed by atoms with E-state index in [1.165, 1.54) is 0 Å². The van der Waals surface area contributed by atoms with Crippen molar-refractivity contribution in [2.45, 2.75) is 6.92 Å². The van der Waals surface area contributed by atoms with Crippen LogP contribution < -0.4 is 5.32 Å². The third-order valence-corrected chi connectivity index (χ3v) is 3.65. The average Bonchev–Trinajstić information content (AvgIpc) is 2.68. The molecule has 0 amide bonds. The number of anilines is 1. The van der Waals surface area contributed by atoms with Crippen LogP contribution in [-0.2, 0) is 0 Å². The lowest BCUT2D eigenvalue weighted by molar-refractivity contribution is 0.575. The molecule has 6 heteroatoms. The third-order valence-electron chi connectivity index (χ3n) is 2.07. The molecule has 2 rings (SSSR count). The molecule has 4 nitrogen and oxygen atoms in total. The summed E-state index contributed by atoms with van der Waals surface area (Å²) in [6.07, 6.45) is 1.60. The third kappa shape index (κ3) is 1.99. The number of halogens is 2. The van der Waals surface area contributed by atoms with Gasteiger partial charge in [0.25, 0.3) is 0 Å². The Morgan fingerprint density at radius 1 is 1.31 bits per heavy atom. The monoisotopic (exact) mass is 345 g/mol. The smallest absolute Gasteiger partial charge is 0.199 e. The van der Waals surface area contributed by atoms with Gasteiger partial charge in [-0.1, -0.05) is 0 Å². The molecule has 84 valence electrons. The molecule has 2 heterocycles. The van der Waals surface area contributed by atoms with Gasteiger partial charge in [0.15, 0.2) is 11.6 Å². The van der Waals surface area contributed by atoms with Crippen molar-refractivity contribution in [3.63, 3.8) is 0 Å². The minimum atomic E-state index is 0.557. The maximum Gasteiger partial charge on any atom is 0.199 e. The summed E-state index contributed by atoms with van der Waals surface area (Å²) in [5.74, 6) is 1.93. The topological polar surface area (TPSA) is 51.0 Å². The van der Waals surface area contributed by atoms with Gasteiger partial charge in [-0.05, 0) is 44.8 Å². The Hall–Kier alpha value is -0.880. The van der Waals surface area contributed by atoms with Crippen LogP contribution in [0.4, 0.5) is 5.82 Å². The average molecular weight is 347 g/mol. The highest BCUT2D eigenvalue weighted by Crippen LogP contribution is 2.30. The van der Waals surface area contributed by atoms with Gasteiger partial charge in [0.1, 0.15) is 5.82 Å². The Morgan fingerprint density at radius 2 is 2.06 bits per heavy atom. The van der Waals surface area contributed by atoms with Gasteiger partial charge in [-0.3, -0.25) is 0 Å². The van der Waals surface area contributed by atoms with Gasteiger partial charge in [-0.2, -0.15) is 0 Å². The molecule has 0 aliphatic heterocycles. The zero-order valence-corrected chi connectivity index (χ0v) is 11.9. The van der Waals surface area contributed by atoms with E-state index in [4.69, 9.17) is 4.42 Å². The minimum Gasteiger partial charge on any atom is -0.460 e. The second kappa shape index (κ2) is 4.55. The zero-order chi connectivity index (χ0) is 11.7. The largest absolute Gasteiger partial charge is 0.460 e. The van der Waals surface area contributed by atoms with Crippen molar-refractivity contribution in [3.8, 4) is 11.6 Å². The molecule has 0 aliphatic rings. The molecule has 1 N–H and O–H groups in total. The summed E-state index contributed by atoms with van der Waals surface area (Å²) in [6.45, 7) is 1.91. The van der Waals surface area contributed by atoms with Crippen LogP contribution in [0.25, 0.3) is 11.6 Å². The van der Waals surface area contributed by atoms with E-state index in [0.29, 0.717) is 11.6 Å². The van der Waals surface area contributed by atoms with Crippen molar-refractivity contribution in [3.05, 3.63) is 27.0 Å². The summed E-state index contributed by atoms with van der Waals surface area (Å²) in [7, 11) is 1.81. The van der Waals surface area contributed by atoms with Gasteiger partial charge in [0.05, 0.1) is 20.9 Å². The van der Waals surface area contributed by atoms with Crippen LogP contribution >= 0.6 is 31.9 Å². The van der Waals surface area contributed by atoms with E-state index in [1.54, 1.807) is 6.26 Å². The number of hydrogen-bond donors (Lipinski definition) is 1. The van der Waals surface area contributed by atoms with Crippen LogP contribution in [0, 0.1) is 6.92 Å². The molecule has 0 radical (unpaired) electrons. The Labute approximate surface area is 110 Å². The van der Waals surface area contributed by atoms with E-state index in [1.807, 2.05) is 20.0 Å². The summed E-state index contributed by atoms with van der Waals surface area (Å²) < 4.78 is 7.04. The highest BCUT2D eigenvalue weighted by atomic mass is 79.9. The Balaban J connectivity index is 2.59. The highest BCUT2D eigenvalue weighted by molar-refractivity contribution is 9.11. The van der Waals surface area contributed by atoms with Crippen LogP contribution in [0.15, 0.2) is 25.7 Å². The lowest BCUT2D eigenvalue weighted by Gasteiger charge is -2.07. The van der Waals surface area contributed by atoms with Gasteiger partial charge < -0.3 is 9.73 Å². The van der Waals surface area contributed by atoms with E-state index in [9.17, 15) is 0 Å². The van der Waals surface area contributed by atoms with Crippen molar-refractivity contribution in [2.75, 3.05) is 12.4 Å². The van der Waals surface area contributed by atoms with E-state index >= 15 is 0 Å². The predicted molar refractivity (Wildman–Crippen MR) is 69.4 cm³/mol. The quantitative estimate of drug-likeness (QED) is 0.902. The van der Waals surface area contributed by atoms with Crippen LogP contribution in [0.3, 0.4) is 0 Å². The number of aryl methyl sites for hydroxylation is 1. The van der Waals surface area contributed by atoms with E-state index in [-0.39, 0.29) is 0 Å². The first kappa shape index (κ1) is 11.6. The molecule has 0 unspecified atom stereocenters. The van der Waals surface area contributed by atoms with E-state index in [2.05, 4.69) is 47.1 Å². The number of aromatic nitrogens is 2. The van der Waals surface area contributed by atoms with Gasteiger partial charge >= 0.3 is 0 Å². The van der Waals surface area contributed by atoms with Crippen molar-refractivity contribution >= 4 is 37.7 Å². The fraction of sp³-hybridized carbons (Fsp3) is 0.200. The second-order valence-corrected chi connectivity index (χ2v) is 4.79. The number of nitrogens with one attached hydrogen (secondary N) is 1. The van der Waals surface area contributed by atoms with Gasteiger partial charge in [0, 0.05) is 7.05 Å². The zero-order valence-electron chi connectivity index (χ0n) is 8.71. The maximum atomic E-state index is 5.33. The van der Waals surface area contributed by atoms with Crippen molar-refractivity contribution in [2.24, 2.45) is 0 Å². The first-order chi connectivity index (χ1) is 7.63. The number of rotatable bonds is 2. The Kier molecular flexibility index (Phi) is 3.30. The summed E-state index contributed by atoms with van der Waals surface area (Å²) in [6, 6.07) is 1.81. The SMILES string of the molecule is CNc1nc(-c2occc2Br)nc(C)c1Br. The van der Waals surface area contributed by atoms with Gasteiger partial charge in [-0.25, -0.2) is 9.97 Å². The molecule has 0 saturated heterocycles. The van der Waals surface area contributed by atoms with Crippen LogP contribution in [0.1, 0.15) is 5.69 Å². The lowest BCUT2D eigenvalue weighted by Crippen LogP contribution is -2.00. The first-order valence-electron chi connectivity index (χ1n) is 4.58. The molecular formula is C10H9Br2N3O. The second-order valence-electron chi connectivity index (χ2n) is 3.14. The number of furan rings is 1. The molecule has 0 atom stereocenters. The molecule has 16 heavy (non-hydrogen) atoms. The fourth-order valence-electron chi connectivity index (χ4n) is 1.28. The van der Waals surface area contributed by atoms with Crippen molar-refractivity contribution in [1.82, 2.24) is 9.97 Å². The van der Waals surface area contributed by atoms with Gasteiger partial charge in [0.2, 0.25) is 0 Å². The molecule has 0 bridgehead atoms. The number of hydrogen-bond acceptors (Lipinski definition) is 4. The Morgan fingerprint density at radius 3 is 2.62 bits per heavy atom. The summed E-state index contributed by atoms with van der Waals surface area (Å²) >= 11 is 6.81. The predicted octanol–water partition coefficient (Wildman–Crippen LogP) is 3.61. The standard InChI is InChI=1S/C10H9Br2N3O/c1-5-7(12)9(13-2)15-10(14-5)8-6(11)3-4-16-8/h3-4H,1-2H3,(H,13,14,15). The number of nitrogens with zero attached hydrogens (tertiary/aromatic N) is 2. The summed E-state index contributed by atoms with van der Waals surface area (Å²) in [5.41, 5.74) is 0.859. The first-order valence-corrected chi connectivity index (χ1v) is 6.17. The lowest BCUT2D eigenvalue weighted by atomic mass is 10.3. The highest BCUT2D eigenvalue weighted by Gasteiger charge is 2.14. The van der Waals surface area contributed by atoms with E-state index < -0.39 is 0 Å². The van der Waals surface area contributed by atoms with E-state index in [0.717, 1.165) is 20.5 Å². The normalized spacial score (nSPS) is 10.5. The molecule has 0 spiro atoms. The molecule has 0 fully saturated rings. The summed E-state index contributed by atoms with van der Waals surface area (Å²) in [4.78, 5) is 8.72. The molecule has 0 aliphatic carbocycles. The molecular weight excluding hydrogens is 338 g/mol. The molecule has 0 aromatic carbocycles. The van der Waals surface area contributed by atoms with Crippen molar-refractivity contribution < 1.29 is 4.42 Å². The maximum absolute atomic E-state index is 5.33. The van der Waals surface area contributed by atoms with Gasteiger partial charge in [-0.15, -0.1) is 0 Å². The minimum absolute atomic E-state index is 0.557. The fourth-order valence-corrected chi connectivity index (χ4v) is 2.03. The molecule has 2 aromatic heterocycles. The molecule has 2 aromatic rings.